The van der Waals surface area contributed by atoms with E-state index in [-0.39, 0.29) is 0 Å². The second-order valence-corrected chi connectivity index (χ2v) is 20.3. The molecule has 0 N–H and O–H groups in total. The minimum Gasteiger partial charge on any atom is -0.293 e. The average molecular weight is 642 g/mol. The van der Waals surface area contributed by atoms with Crippen molar-refractivity contribution in [2.75, 3.05) is 49.4 Å². The van der Waals surface area contributed by atoms with Gasteiger partial charge in [-0.05, 0) is 0 Å². The first kappa shape index (κ1) is 28.9. The van der Waals surface area contributed by atoms with Crippen LogP contribution in [0.4, 0.5) is 0 Å². The monoisotopic (exact) mass is 642 g/mol. The van der Waals surface area contributed by atoms with Crippen molar-refractivity contribution in [2.45, 2.75) is 24.4 Å². The lowest BCUT2D eigenvalue weighted by Gasteiger charge is -2.31. The highest BCUT2D eigenvalue weighted by Crippen LogP contribution is 2.85. The van der Waals surface area contributed by atoms with E-state index < -0.39 is 129 Å². The van der Waals surface area contributed by atoms with E-state index >= 15 is 0 Å². The van der Waals surface area contributed by atoms with Gasteiger partial charge in [0, 0.05) is 0 Å². The first-order valence-corrected chi connectivity index (χ1v) is 19.9. The van der Waals surface area contributed by atoms with Gasteiger partial charge in [-0.15, -0.1) is 0 Å². The Morgan fingerprint density at radius 1 is 0.444 bits per heavy atom. The molecule has 4 unspecified atom stereocenters. The topological polar surface area (TPSA) is 245 Å². The Hall–Kier alpha value is -0.0600. The first-order valence-electron chi connectivity index (χ1n) is 9.81. The third kappa shape index (κ3) is 6.92. The van der Waals surface area contributed by atoms with Crippen LogP contribution in [0.5, 0.6) is 0 Å². The fraction of sp³-hybridized carbons (Fsp3) is 1.00. The van der Waals surface area contributed by atoms with E-state index in [1.54, 1.807) is 0 Å². The molecule has 0 spiro atoms. The van der Waals surface area contributed by atoms with Gasteiger partial charge in [0.1, 0.15) is 47.4 Å². The molecule has 0 aromatic carbocycles. The third-order valence-electron chi connectivity index (χ3n) is 4.72. The Labute approximate surface area is 206 Å². The van der Waals surface area contributed by atoms with Gasteiger partial charge in [-0.25, -0.2) is 9.13 Å². The normalized spacial score (nSPS) is 37.9. The highest BCUT2D eigenvalue weighted by atomic mass is 32.2. The van der Waals surface area contributed by atoms with Gasteiger partial charge in [-0.3, -0.25) is 34.8 Å². The molecule has 4 saturated heterocycles. The quantitative estimate of drug-likeness (QED) is 0.200. The molecule has 0 aromatic heterocycles. The van der Waals surface area contributed by atoms with Gasteiger partial charge in [-0.1, -0.05) is 0 Å². The molecule has 4 aliphatic rings. The van der Waals surface area contributed by atoms with Crippen molar-refractivity contribution in [1.29, 1.82) is 0 Å². The van der Waals surface area contributed by atoms with Crippen LogP contribution in [0.1, 0.15) is 0 Å². The third-order valence-corrected chi connectivity index (χ3v) is 15.6. The highest BCUT2D eigenvalue weighted by molar-refractivity contribution is 8.27. The lowest BCUT2D eigenvalue weighted by atomic mass is 10.5. The minimum atomic E-state index is -5.42. The van der Waals surface area contributed by atoms with Gasteiger partial charge in [0.05, 0.1) is 26.4 Å². The molecule has 4 fully saturated rings. The van der Waals surface area contributed by atoms with Crippen LogP contribution in [0.3, 0.4) is 0 Å². The molecule has 0 bridgehead atoms. The van der Waals surface area contributed by atoms with Crippen molar-refractivity contribution in [2.24, 2.45) is 0 Å². The maximum Gasteiger partial charge on any atom is 0.442 e. The minimum absolute atomic E-state index is 0.697. The zero-order chi connectivity index (χ0) is 26.6. The molecule has 18 nitrogen and oxygen atoms in total. The predicted molar refractivity (Wildman–Crippen MR) is 114 cm³/mol. The van der Waals surface area contributed by atoms with Crippen LogP contribution in [0.15, 0.2) is 0 Å². The smallest absolute Gasteiger partial charge is 0.293 e. The number of rotatable bonds is 9. The fourth-order valence-corrected chi connectivity index (χ4v) is 13.6. The molecule has 4 aliphatic heterocycles. The predicted octanol–water partition coefficient (Wildman–Crippen LogP) is -1.73. The van der Waals surface area contributed by atoms with E-state index in [0.29, 0.717) is 0 Å². The molecule has 4 heterocycles. The van der Waals surface area contributed by atoms with Gasteiger partial charge < -0.3 is 0 Å². The molecule has 36 heavy (non-hydrogen) atoms. The van der Waals surface area contributed by atoms with Gasteiger partial charge in [0.25, 0.3) is 40.5 Å². The molecule has 0 aliphatic carbocycles. The lowest BCUT2D eigenvalue weighted by molar-refractivity contribution is 0.0844. The molecule has 0 radical (unpaired) electrons. The van der Waals surface area contributed by atoms with Crippen LogP contribution in [0.25, 0.3) is 0 Å². The second-order valence-electron chi connectivity index (χ2n) is 7.88. The van der Waals surface area contributed by atoms with E-state index in [4.69, 9.17) is 18.1 Å². The first-order chi connectivity index (χ1) is 16.4. The van der Waals surface area contributed by atoms with Gasteiger partial charge in [0.2, 0.25) is 0 Å². The Balaban J connectivity index is 1.69. The zero-order valence-electron chi connectivity index (χ0n) is 17.8. The Morgan fingerprint density at radius 3 is 0.778 bits per heavy atom. The average Bonchev–Trinajstić information content (AvgIpc) is 3.42. The van der Waals surface area contributed by atoms with Gasteiger partial charge >= 0.3 is 14.6 Å². The Morgan fingerprint density at radius 2 is 0.639 bits per heavy atom. The van der Waals surface area contributed by atoms with Crippen LogP contribution in [0.2, 0.25) is 0 Å². The summed E-state index contributed by atoms with van der Waals surface area (Å²) in [5, 5.41) is 0. The lowest BCUT2D eigenvalue weighted by Crippen LogP contribution is -2.26. The van der Waals surface area contributed by atoms with Crippen molar-refractivity contribution in [3.05, 3.63) is 0 Å². The van der Waals surface area contributed by atoms with Gasteiger partial charge in [0.15, 0.2) is 0 Å². The summed E-state index contributed by atoms with van der Waals surface area (Å²) >= 11 is 0. The van der Waals surface area contributed by atoms with Crippen molar-refractivity contribution in [3.8, 4) is 0 Å². The second kappa shape index (κ2) is 9.84. The molecular formula is C12H20O18P2S4. The van der Waals surface area contributed by atoms with Crippen molar-refractivity contribution in [3.63, 3.8) is 0 Å². The summed E-state index contributed by atoms with van der Waals surface area (Å²) in [4.78, 5) is 0. The van der Waals surface area contributed by atoms with Crippen molar-refractivity contribution >= 4 is 55.0 Å². The number of hydrogen-bond donors (Lipinski definition) is 0. The molecule has 24 heteroatoms. The van der Waals surface area contributed by atoms with Crippen molar-refractivity contribution in [1.82, 2.24) is 0 Å². The van der Waals surface area contributed by atoms with E-state index in [1.165, 1.54) is 0 Å². The largest absolute Gasteiger partial charge is 0.442 e. The van der Waals surface area contributed by atoms with Crippen LogP contribution in [0, 0.1) is 0 Å². The maximum absolute atomic E-state index is 14.0. The molecule has 210 valence electrons. The Bertz CT molecular complexity index is 1190. The maximum atomic E-state index is 14.0. The SMILES string of the molecule is O=P(OC1COS(=O)(=O)C1)(OC1COS(=O)(=O)C1)P(=O)(OC1COS(=O)(=O)C1)OC1COS(=O)(=O)C1. The molecule has 0 amide bonds. The Kier molecular flexibility index (Phi) is 7.91. The molecule has 4 rings (SSSR count). The summed E-state index contributed by atoms with van der Waals surface area (Å²) < 4.78 is 160. The summed E-state index contributed by atoms with van der Waals surface area (Å²) in [6.07, 6.45) is -6.25. The summed E-state index contributed by atoms with van der Waals surface area (Å²) in [5.41, 5.74) is 0. The van der Waals surface area contributed by atoms with E-state index in [9.17, 15) is 42.8 Å². The number of hydrogen-bond acceptors (Lipinski definition) is 18. The van der Waals surface area contributed by atoms with E-state index in [0.717, 1.165) is 0 Å². The molecule has 4 atom stereocenters. The standard InChI is InChI=1S/C12H20O18P2S4/c13-31(27-9-1-23-33(15,16)5-9,28-10-2-24-34(17,18)6-10)32(14,29-11-3-25-35(19,20)7-11)30-12-4-26-36(21,22)8-12/h9-12H,1-8H2. The van der Waals surface area contributed by atoms with Crippen LogP contribution >= 0.6 is 14.6 Å². The van der Waals surface area contributed by atoms with Crippen LogP contribution in [-0.2, 0) is 84.4 Å². The summed E-state index contributed by atoms with van der Waals surface area (Å²) in [7, 11) is -27.3. The zero-order valence-corrected chi connectivity index (χ0v) is 22.9. The molecule has 0 saturated carbocycles. The van der Waals surface area contributed by atoms with E-state index in [2.05, 4.69) is 16.7 Å². The summed E-state index contributed by atoms with van der Waals surface area (Å²) in [5.74, 6) is -3.49. The van der Waals surface area contributed by atoms with Crippen LogP contribution in [-0.4, -0.2) is 108 Å². The highest BCUT2D eigenvalue weighted by Gasteiger charge is 2.59. The van der Waals surface area contributed by atoms with Crippen molar-refractivity contribution < 1.29 is 77.6 Å². The summed E-state index contributed by atoms with van der Waals surface area (Å²) in [6.45, 7) is -2.79. The fourth-order valence-electron chi connectivity index (χ4n) is 3.29. The van der Waals surface area contributed by atoms with Gasteiger partial charge in [-0.2, -0.15) is 33.7 Å². The molecule has 0 aromatic rings. The van der Waals surface area contributed by atoms with E-state index in [1.807, 2.05) is 0 Å². The molecular weight excluding hydrogens is 622 g/mol. The van der Waals surface area contributed by atoms with Crippen LogP contribution < -0.4 is 0 Å². The summed E-state index contributed by atoms with van der Waals surface area (Å²) in [6, 6.07) is 0.